The van der Waals surface area contributed by atoms with Crippen molar-refractivity contribution in [2.24, 2.45) is 11.8 Å². The van der Waals surface area contributed by atoms with Gasteiger partial charge < -0.3 is 5.32 Å². The maximum absolute atomic E-state index is 12.2. The van der Waals surface area contributed by atoms with Gasteiger partial charge in [-0.25, -0.2) is 4.98 Å². The normalized spacial score (nSPS) is 27.8. The summed E-state index contributed by atoms with van der Waals surface area (Å²) >= 11 is 3.37. The summed E-state index contributed by atoms with van der Waals surface area (Å²) in [5, 5.41) is 3.12. The lowest BCUT2D eigenvalue weighted by Crippen LogP contribution is -2.44. The highest BCUT2D eigenvalue weighted by molar-refractivity contribution is 9.10. The van der Waals surface area contributed by atoms with Crippen molar-refractivity contribution < 1.29 is 4.79 Å². The number of rotatable bonds is 2. The SMILES string of the molecule is CC1CCCC(NC(=O)c2ncccc2Br)C1C. The van der Waals surface area contributed by atoms with Crippen LogP contribution in [0.25, 0.3) is 0 Å². The van der Waals surface area contributed by atoms with E-state index >= 15 is 0 Å². The molecule has 1 aliphatic rings. The fraction of sp³-hybridized carbons (Fsp3) is 0.571. The van der Waals surface area contributed by atoms with E-state index in [0.29, 0.717) is 17.5 Å². The second kappa shape index (κ2) is 5.83. The molecule has 18 heavy (non-hydrogen) atoms. The minimum absolute atomic E-state index is 0.0755. The van der Waals surface area contributed by atoms with Crippen LogP contribution in [0.2, 0.25) is 0 Å². The van der Waals surface area contributed by atoms with E-state index < -0.39 is 0 Å². The maximum Gasteiger partial charge on any atom is 0.271 e. The number of hydrogen-bond donors (Lipinski definition) is 1. The molecular formula is C14H19BrN2O. The van der Waals surface area contributed by atoms with Crippen molar-refractivity contribution in [1.82, 2.24) is 10.3 Å². The van der Waals surface area contributed by atoms with Gasteiger partial charge in [-0.15, -0.1) is 0 Å². The molecule has 0 bridgehead atoms. The van der Waals surface area contributed by atoms with Crippen LogP contribution < -0.4 is 5.32 Å². The topological polar surface area (TPSA) is 42.0 Å². The van der Waals surface area contributed by atoms with Crippen molar-refractivity contribution in [1.29, 1.82) is 0 Å². The van der Waals surface area contributed by atoms with E-state index in [0.717, 1.165) is 10.9 Å². The molecule has 1 fully saturated rings. The third-order valence-corrected chi connectivity index (χ3v) is 4.64. The molecule has 2 rings (SSSR count). The van der Waals surface area contributed by atoms with E-state index in [9.17, 15) is 4.79 Å². The van der Waals surface area contributed by atoms with Crippen LogP contribution in [0.5, 0.6) is 0 Å². The van der Waals surface area contributed by atoms with Crippen molar-refractivity contribution in [2.75, 3.05) is 0 Å². The Morgan fingerprint density at radius 3 is 2.94 bits per heavy atom. The number of halogens is 1. The van der Waals surface area contributed by atoms with E-state index in [1.165, 1.54) is 12.8 Å². The molecule has 1 N–H and O–H groups in total. The first kappa shape index (κ1) is 13.5. The average Bonchev–Trinajstić information content (AvgIpc) is 2.35. The van der Waals surface area contributed by atoms with Gasteiger partial charge in [0.1, 0.15) is 5.69 Å². The Hall–Kier alpha value is -0.900. The largest absolute Gasteiger partial charge is 0.348 e. The van der Waals surface area contributed by atoms with Gasteiger partial charge in [0.05, 0.1) is 0 Å². The first-order chi connectivity index (χ1) is 8.59. The third-order valence-electron chi connectivity index (χ3n) is 4.00. The molecular weight excluding hydrogens is 292 g/mol. The smallest absolute Gasteiger partial charge is 0.271 e. The minimum atomic E-state index is -0.0755. The number of pyridine rings is 1. The number of amides is 1. The molecule has 1 amide bonds. The fourth-order valence-electron chi connectivity index (χ4n) is 2.58. The van der Waals surface area contributed by atoms with E-state index in [1.807, 2.05) is 12.1 Å². The zero-order valence-corrected chi connectivity index (χ0v) is 12.4. The number of nitrogens with zero attached hydrogens (tertiary/aromatic N) is 1. The summed E-state index contributed by atoms with van der Waals surface area (Å²) in [5.41, 5.74) is 0.475. The van der Waals surface area contributed by atoms with Crippen molar-refractivity contribution in [2.45, 2.75) is 39.2 Å². The third kappa shape index (κ3) is 2.91. The summed E-state index contributed by atoms with van der Waals surface area (Å²) in [6.07, 6.45) is 5.18. The molecule has 3 atom stereocenters. The van der Waals surface area contributed by atoms with Gasteiger partial charge in [0.2, 0.25) is 0 Å². The van der Waals surface area contributed by atoms with Crippen molar-refractivity contribution in [3.8, 4) is 0 Å². The van der Waals surface area contributed by atoms with Crippen LogP contribution in [0.3, 0.4) is 0 Å². The van der Waals surface area contributed by atoms with Gasteiger partial charge in [-0.2, -0.15) is 0 Å². The first-order valence-corrected chi connectivity index (χ1v) is 7.30. The predicted molar refractivity (Wildman–Crippen MR) is 75.4 cm³/mol. The summed E-state index contributed by atoms with van der Waals surface area (Å²) in [4.78, 5) is 16.3. The zero-order valence-electron chi connectivity index (χ0n) is 10.8. The van der Waals surface area contributed by atoms with Gasteiger partial charge in [-0.3, -0.25) is 4.79 Å². The van der Waals surface area contributed by atoms with Gasteiger partial charge in [-0.1, -0.05) is 26.7 Å². The molecule has 0 radical (unpaired) electrons. The average molecular weight is 311 g/mol. The molecule has 1 aromatic heterocycles. The highest BCUT2D eigenvalue weighted by Gasteiger charge is 2.28. The Balaban J connectivity index is 2.05. The van der Waals surface area contributed by atoms with Crippen molar-refractivity contribution in [3.05, 3.63) is 28.5 Å². The van der Waals surface area contributed by atoms with Gasteiger partial charge in [0.15, 0.2) is 0 Å². The number of carbonyl (C=O) groups is 1. The zero-order chi connectivity index (χ0) is 13.1. The number of hydrogen-bond acceptors (Lipinski definition) is 2. The Labute approximate surface area is 117 Å². The monoisotopic (exact) mass is 310 g/mol. The molecule has 3 nitrogen and oxygen atoms in total. The van der Waals surface area contributed by atoms with E-state index in [2.05, 4.69) is 40.1 Å². The van der Waals surface area contributed by atoms with Crippen LogP contribution in [0, 0.1) is 11.8 Å². The molecule has 0 saturated heterocycles. The van der Waals surface area contributed by atoms with Crippen LogP contribution >= 0.6 is 15.9 Å². The van der Waals surface area contributed by atoms with E-state index in [4.69, 9.17) is 0 Å². The lowest BCUT2D eigenvalue weighted by atomic mass is 9.78. The molecule has 1 aliphatic carbocycles. The van der Waals surface area contributed by atoms with Crippen LogP contribution in [0.15, 0.2) is 22.8 Å². The molecule has 0 aromatic carbocycles. The predicted octanol–water partition coefficient (Wildman–Crippen LogP) is 3.40. The number of carbonyl (C=O) groups excluding carboxylic acids is 1. The maximum atomic E-state index is 12.2. The Bertz CT molecular complexity index is 436. The summed E-state index contributed by atoms with van der Waals surface area (Å²) in [6, 6.07) is 3.93. The van der Waals surface area contributed by atoms with Crippen molar-refractivity contribution >= 4 is 21.8 Å². The Morgan fingerprint density at radius 1 is 1.44 bits per heavy atom. The Morgan fingerprint density at radius 2 is 2.22 bits per heavy atom. The molecule has 1 aromatic rings. The number of nitrogens with one attached hydrogen (secondary N) is 1. The van der Waals surface area contributed by atoms with Gasteiger partial charge in [0.25, 0.3) is 5.91 Å². The molecule has 0 aliphatic heterocycles. The molecule has 4 heteroatoms. The minimum Gasteiger partial charge on any atom is -0.348 e. The van der Waals surface area contributed by atoms with Crippen molar-refractivity contribution in [3.63, 3.8) is 0 Å². The summed E-state index contributed by atoms with van der Waals surface area (Å²) in [7, 11) is 0. The molecule has 0 spiro atoms. The van der Waals surface area contributed by atoms with Gasteiger partial charge in [0, 0.05) is 16.7 Å². The second-order valence-electron chi connectivity index (χ2n) is 5.18. The first-order valence-electron chi connectivity index (χ1n) is 6.51. The van der Waals surface area contributed by atoms with Crippen LogP contribution in [0.4, 0.5) is 0 Å². The van der Waals surface area contributed by atoms with Gasteiger partial charge >= 0.3 is 0 Å². The Kier molecular flexibility index (Phi) is 4.38. The summed E-state index contributed by atoms with van der Waals surface area (Å²) in [5.74, 6) is 1.13. The van der Waals surface area contributed by atoms with E-state index in [-0.39, 0.29) is 11.9 Å². The standard InChI is InChI=1S/C14H19BrN2O/c1-9-5-3-7-12(10(9)2)17-14(18)13-11(15)6-4-8-16-13/h4,6,8-10,12H,3,5,7H2,1-2H3,(H,17,18). The van der Waals surface area contributed by atoms with Crippen LogP contribution in [-0.2, 0) is 0 Å². The van der Waals surface area contributed by atoms with Gasteiger partial charge in [-0.05, 0) is 46.3 Å². The molecule has 98 valence electrons. The lowest BCUT2D eigenvalue weighted by Gasteiger charge is -2.34. The van der Waals surface area contributed by atoms with E-state index in [1.54, 1.807) is 6.20 Å². The second-order valence-corrected chi connectivity index (χ2v) is 6.04. The lowest BCUT2D eigenvalue weighted by molar-refractivity contribution is 0.0885. The van der Waals surface area contributed by atoms with Crippen LogP contribution in [0.1, 0.15) is 43.6 Å². The highest BCUT2D eigenvalue weighted by atomic mass is 79.9. The summed E-state index contributed by atoms with van der Waals surface area (Å²) < 4.78 is 0.749. The molecule has 1 heterocycles. The highest BCUT2D eigenvalue weighted by Crippen LogP contribution is 2.29. The van der Waals surface area contributed by atoms with Crippen LogP contribution in [-0.4, -0.2) is 16.9 Å². The fourth-order valence-corrected chi connectivity index (χ4v) is 3.01. The summed E-state index contributed by atoms with van der Waals surface area (Å²) in [6.45, 7) is 4.49. The molecule has 3 unspecified atom stereocenters. The molecule has 1 saturated carbocycles. The quantitative estimate of drug-likeness (QED) is 0.909. The number of aromatic nitrogens is 1.